The Bertz CT molecular complexity index is 650. The van der Waals surface area contributed by atoms with Gasteiger partial charge < -0.3 is 24.8 Å². The summed E-state index contributed by atoms with van der Waals surface area (Å²) < 4.78 is 2.54. The van der Waals surface area contributed by atoms with E-state index in [2.05, 4.69) is 0 Å². The van der Waals surface area contributed by atoms with E-state index in [-0.39, 0.29) is 40.2 Å². The maximum atomic E-state index is 12.1. The van der Waals surface area contributed by atoms with Gasteiger partial charge in [-0.1, -0.05) is 0 Å². The minimum absolute atomic E-state index is 0. The van der Waals surface area contributed by atoms with E-state index in [1.807, 2.05) is 11.9 Å². The fraction of sp³-hybridized carbons (Fsp3) is 0.583. The molecule has 0 aliphatic carbocycles. The van der Waals surface area contributed by atoms with Gasteiger partial charge >= 0.3 is 28.1 Å². The van der Waals surface area contributed by atoms with Crippen molar-refractivity contribution in [2.45, 2.75) is 6.92 Å². The predicted molar refractivity (Wildman–Crippen MR) is 75.3 cm³/mol. The van der Waals surface area contributed by atoms with Gasteiger partial charge in [-0.2, -0.15) is 0 Å². The van der Waals surface area contributed by atoms with Crippen molar-refractivity contribution in [1.82, 2.24) is 9.13 Å². The minimum Gasteiger partial charge on any atom is -0.550 e. The Hall–Kier alpha value is -1.55. The third kappa shape index (κ3) is 4.01. The maximum Gasteiger partial charge on any atom is 1.00 e. The van der Waals surface area contributed by atoms with Crippen molar-refractivity contribution in [1.29, 1.82) is 0 Å². The van der Waals surface area contributed by atoms with Crippen LogP contribution < -0.4 is 26.2 Å². The van der Waals surface area contributed by atoms with Gasteiger partial charge in [-0.3, -0.25) is 13.9 Å². The summed E-state index contributed by atoms with van der Waals surface area (Å²) in [7, 11) is 4.91. The fourth-order valence-electron chi connectivity index (χ4n) is 2.23. The van der Waals surface area contributed by atoms with Gasteiger partial charge in [-0.05, 0) is 6.92 Å². The first kappa shape index (κ1) is 20.5. The van der Waals surface area contributed by atoms with E-state index < -0.39 is 5.97 Å². The van der Waals surface area contributed by atoms with Crippen LogP contribution in [0.3, 0.4) is 0 Å². The van der Waals surface area contributed by atoms with Gasteiger partial charge in [0, 0.05) is 33.7 Å². The number of hydrogen-bond donors (Lipinski definition) is 1. The van der Waals surface area contributed by atoms with Crippen molar-refractivity contribution in [2.75, 3.05) is 36.7 Å². The number of carboxylic acid groups (broad SMARTS) is 1. The molecule has 0 spiro atoms. The van der Waals surface area contributed by atoms with Crippen LogP contribution in [0.15, 0.2) is 9.59 Å². The quantitative estimate of drug-likeness (QED) is 0.522. The molecule has 0 amide bonds. The summed E-state index contributed by atoms with van der Waals surface area (Å²) in [6.07, 6.45) is 0. The molecule has 128 valence electrons. The molecule has 0 fully saturated rings. The molecule has 1 aromatic heterocycles. The number of aliphatic hydroxyl groups is 1. The Morgan fingerprint density at radius 2 is 1.73 bits per heavy atom. The molecule has 0 radical (unpaired) electrons. The zero-order chi connectivity index (χ0) is 16.3. The molecular weight excluding hydrogens is 388 g/mol. The van der Waals surface area contributed by atoms with E-state index in [9.17, 15) is 9.59 Å². The fourth-order valence-corrected chi connectivity index (χ4v) is 2.23. The number of rotatable bonds is 2. The first-order chi connectivity index (χ1) is 9.72. The molecule has 10 heteroatoms. The Kier molecular flexibility index (Phi) is 7.60. The van der Waals surface area contributed by atoms with Crippen LogP contribution in [-0.2, 0) is 41.3 Å². The molecule has 22 heavy (non-hydrogen) atoms. The van der Waals surface area contributed by atoms with E-state index in [1.54, 1.807) is 11.9 Å². The molecule has 0 saturated heterocycles. The largest absolute Gasteiger partial charge is 1.00 e. The molecule has 2 rings (SSSR count). The summed E-state index contributed by atoms with van der Waals surface area (Å²) in [4.78, 5) is 36.3. The first-order valence-corrected chi connectivity index (χ1v) is 6.26. The molecule has 1 aliphatic rings. The van der Waals surface area contributed by atoms with Crippen molar-refractivity contribution < 1.29 is 37.4 Å². The number of carbonyl (C=O) groups excluding carboxylic acids is 1. The van der Waals surface area contributed by atoms with Crippen LogP contribution in [0.4, 0.5) is 11.5 Å². The van der Waals surface area contributed by atoms with Crippen molar-refractivity contribution >= 4 is 17.5 Å². The van der Waals surface area contributed by atoms with Crippen LogP contribution in [0.2, 0.25) is 0 Å². The summed E-state index contributed by atoms with van der Waals surface area (Å²) in [6.45, 7) is 1.83. The van der Waals surface area contributed by atoms with Crippen LogP contribution in [0.25, 0.3) is 0 Å². The van der Waals surface area contributed by atoms with E-state index in [4.69, 9.17) is 15.0 Å². The smallest absolute Gasteiger partial charge is 0.550 e. The third-order valence-corrected chi connectivity index (χ3v) is 3.04. The first-order valence-electron chi connectivity index (χ1n) is 6.26. The number of carboxylic acids is 1. The molecule has 1 aromatic rings. The van der Waals surface area contributed by atoms with Crippen molar-refractivity contribution in [3.05, 3.63) is 20.8 Å². The monoisotopic (exact) mass is 406 g/mol. The summed E-state index contributed by atoms with van der Waals surface area (Å²) in [5.41, 5.74) is -0.182. The predicted octanol–water partition coefficient (Wildman–Crippen LogP) is -2.96. The van der Waals surface area contributed by atoms with Crippen LogP contribution in [-0.4, -0.2) is 47.1 Å². The average molecular weight is 407 g/mol. The average Bonchev–Trinajstić information content (AvgIpc) is 2.70. The zero-order valence-corrected chi connectivity index (χ0v) is 14.3. The Balaban J connectivity index is 0.000000791. The number of nitrogens with zero attached hydrogens (tertiary/aromatic N) is 4. The molecule has 0 aromatic carbocycles. The second-order valence-corrected chi connectivity index (χ2v) is 4.70. The number of fused-ring (bicyclic) bond motifs is 1. The molecule has 0 unspecified atom stereocenters. The number of aliphatic carboxylic acids is 1. The second-order valence-electron chi connectivity index (χ2n) is 4.70. The van der Waals surface area contributed by atoms with E-state index in [0.29, 0.717) is 24.7 Å². The van der Waals surface area contributed by atoms with E-state index in [0.717, 1.165) is 11.5 Å². The van der Waals surface area contributed by atoms with E-state index >= 15 is 0 Å². The zero-order valence-electron chi connectivity index (χ0n) is 12.8. The van der Waals surface area contributed by atoms with Gasteiger partial charge in [0.05, 0.1) is 13.3 Å². The summed E-state index contributed by atoms with van der Waals surface area (Å²) in [6, 6.07) is 0. The normalized spacial score (nSPS) is 12.2. The Morgan fingerprint density at radius 1 is 1.23 bits per heavy atom. The van der Waals surface area contributed by atoms with Crippen LogP contribution in [0.1, 0.15) is 6.92 Å². The summed E-state index contributed by atoms with van der Waals surface area (Å²) in [5.74, 6) is -0.480. The van der Waals surface area contributed by atoms with Gasteiger partial charge in [-0.15, -0.1) is 0 Å². The molecule has 0 bridgehead atoms. The number of carbonyl (C=O) groups is 1. The number of anilines is 2. The van der Waals surface area contributed by atoms with Gasteiger partial charge in [0.1, 0.15) is 11.5 Å². The Morgan fingerprint density at radius 3 is 2.18 bits per heavy atom. The van der Waals surface area contributed by atoms with Crippen molar-refractivity contribution in [3.8, 4) is 0 Å². The summed E-state index contributed by atoms with van der Waals surface area (Å²) in [5, 5.41) is 17.9. The number of β-amino-alcohol motifs (C(OH)–C–C–N with tert-alkyl or cyclic N) is 1. The van der Waals surface area contributed by atoms with Gasteiger partial charge in [0.15, 0.2) is 0 Å². The van der Waals surface area contributed by atoms with Crippen LogP contribution in [0.5, 0.6) is 0 Å². The van der Waals surface area contributed by atoms with Crippen molar-refractivity contribution in [2.24, 2.45) is 14.1 Å². The van der Waals surface area contributed by atoms with Gasteiger partial charge in [0.2, 0.25) is 0 Å². The van der Waals surface area contributed by atoms with Gasteiger partial charge in [0.25, 0.3) is 5.56 Å². The molecule has 0 atom stereocenters. The second kappa shape index (κ2) is 8.18. The molecule has 0 saturated carbocycles. The number of aliphatic hydroxyl groups excluding tert-OH is 1. The third-order valence-electron chi connectivity index (χ3n) is 3.04. The maximum absolute atomic E-state index is 12.1. The summed E-state index contributed by atoms with van der Waals surface area (Å²) >= 11 is 0. The number of hydrogen-bond acceptors (Lipinski definition) is 7. The van der Waals surface area contributed by atoms with Crippen LogP contribution >= 0.6 is 0 Å². The van der Waals surface area contributed by atoms with E-state index in [1.165, 1.54) is 11.6 Å². The van der Waals surface area contributed by atoms with Crippen molar-refractivity contribution in [3.63, 3.8) is 0 Å². The topological polar surface area (TPSA) is 111 Å². The molecule has 1 aliphatic heterocycles. The molecule has 1 N–H and O–H groups in total. The molecule has 9 nitrogen and oxygen atoms in total. The SMILES string of the molecule is CC(=O)[O-].CN1CN(CCO)c2c1n(C)c(=O)n(C)c2=O.[Ag+]. The Labute approximate surface area is 142 Å². The minimum atomic E-state index is -1.08. The molecular formula is C12H19AgN4O5. The number of aromatic nitrogens is 2. The standard InChI is InChI=1S/C10H16N4O3.C2H4O2.Ag/c1-11-6-14(4-5-15)7-8(11)12(2)10(17)13(3)9(7)16;1-2(3)4;/h15H,4-6H2,1-3H3;1H3,(H,3,4);/q;;+1/p-1. The van der Waals surface area contributed by atoms with Crippen LogP contribution in [0, 0.1) is 0 Å². The molecule has 2 heterocycles. The van der Waals surface area contributed by atoms with Gasteiger partial charge in [-0.25, -0.2) is 4.79 Å².